The van der Waals surface area contributed by atoms with E-state index in [1.165, 1.54) is 0 Å². The first-order valence-corrected chi connectivity index (χ1v) is 11.5. The molecule has 2 aromatic carbocycles. The maximum atomic E-state index is 12.7. The monoisotopic (exact) mass is 438 g/mol. The van der Waals surface area contributed by atoms with Gasteiger partial charge >= 0.3 is 0 Å². The second kappa shape index (κ2) is 11.2. The number of allylic oxidation sites excluding steroid dienone is 1. The maximum absolute atomic E-state index is 12.7. The number of carbonyl (C=O) groups excluding carboxylic acids is 1. The van der Waals surface area contributed by atoms with E-state index >= 15 is 0 Å². The van der Waals surface area contributed by atoms with E-state index in [0.29, 0.717) is 17.9 Å². The van der Waals surface area contributed by atoms with Gasteiger partial charge in [0.05, 0.1) is 18.8 Å². The van der Waals surface area contributed by atoms with Crippen LogP contribution in [0.1, 0.15) is 83.3 Å². The summed E-state index contributed by atoms with van der Waals surface area (Å²) in [7, 11) is 0. The predicted octanol–water partition coefficient (Wildman–Crippen LogP) is 7.24. The van der Waals surface area contributed by atoms with Crippen LogP contribution in [-0.4, -0.2) is 24.6 Å². The quantitative estimate of drug-likeness (QED) is 0.290. The van der Waals surface area contributed by atoms with E-state index < -0.39 is 0 Å². The molecule has 0 saturated heterocycles. The molecule has 0 spiro atoms. The van der Waals surface area contributed by atoms with Crippen molar-refractivity contribution in [3.05, 3.63) is 59.2 Å². The Morgan fingerprint density at radius 2 is 1.59 bits per heavy atom. The first-order valence-electron chi connectivity index (χ1n) is 11.5. The smallest absolute Gasteiger partial charge is 0.185 e. The number of hydrogen-bond donors (Lipinski definition) is 0. The lowest BCUT2D eigenvalue weighted by Gasteiger charge is -2.27. The molecule has 0 aromatic heterocycles. The highest BCUT2D eigenvalue weighted by atomic mass is 16.5. The molecule has 0 aliphatic rings. The van der Waals surface area contributed by atoms with Gasteiger partial charge in [0.25, 0.3) is 0 Å². The predicted molar refractivity (Wildman–Crippen MR) is 132 cm³/mol. The van der Waals surface area contributed by atoms with E-state index in [4.69, 9.17) is 14.2 Å². The topological polar surface area (TPSA) is 44.8 Å². The van der Waals surface area contributed by atoms with Crippen LogP contribution in [0.3, 0.4) is 0 Å². The number of ether oxygens (including phenoxy) is 3. The molecule has 0 heterocycles. The summed E-state index contributed by atoms with van der Waals surface area (Å²) in [5.74, 6) is 2.19. The van der Waals surface area contributed by atoms with E-state index in [2.05, 4.69) is 33.8 Å². The van der Waals surface area contributed by atoms with Crippen molar-refractivity contribution in [2.75, 3.05) is 6.61 Å². The molecule has 0 saturated carbocycles. The molecule has 32 heavy (non-hydrogen) atoms. The minimum Gasteiger partial charge on any atom is -0.494 e. The molecule has 2 rings (SSSR count). The van der Waals surface area contributed by atoms with E-state index in [1.807, 2.05) is 52.0 Å². The van der Waals surface area contributed by atoms with Crippen LogP contribution in [0.2, 0.25) is 0 Å². The standard InChI is InChI=1S/C28H38O4/c1-9-16-30-23-13-11-22(12-14-23)25(29)15-10-21-17-24(28(6,7)8)27(32-20(4)5)26(18-21)31-19(2)3/h10-15,17-20H,9,16H2,1-8H3. The summed E-state index contributed by atoms with van der Waals surface area (Å²) < 4.78 is 17.9. The molecule has 2 aromatic rings. The van der Waals surface area contributed by atoms with Crippen molar-refractivity contribution >= 4 is 11.9 Å². The van der Waals surface area contributed by atoms with Crippen LogP contribution in [0.25, 0.3) is 6.08 Å². The van der Waals surface area contributed by atoms with Gasteiger partial charge in [-0.2, -0.15) is 0 Å². The molecule has 0 unspecified atom stereocenters. The summed E-state index contributed by atoms with van der Waals surface area (Å²) in [5, 5.41) is 0. The molecule has 174 valence electrons. The lowest BCUT2D eigenvalue weighted by molar-refractivity contribution is 0.104. The van der Waals surface area contributed by atoms with Gasteiger partial charge in [-0.25, -0.2) is 0 Å². The van der Waals surface area contributed by atoms with Crippen molar-refractivity contribution in [3.63, 3.8) is 0 Å². The molecule has 0 amide bonds. The van der Waals surface area contributed by atoms with Crippen molar-refractivity contribution in [2.45, 2.75) is 79.4 Å². The Bertz CT molecular complexity index is 916. The highest BCUT2D eigenvalue weighted by molar-refractivity contribution is 6.06. The van der Waals surface area contributed by atoms with Gasteiger partial charge in [0, 0.05) is 11.1 Å². The summed E-state index contributed by atoms with van der Waals surface area (Å²) in [6.45, 7) is 17.2. The summed E-state index contributed by atoms with van der Waals surface area (Å²) in [4.78, 5) is 12.7. The van der Waals surface area contributed by atoms with Gasteiger partial charge in [-0.05, 0) is 87.6 Å². The average molecular weight is 439 g/mol. The van der Waals surface area contributed by atoms with Crippen LogP contribution in [-0.2, 0) is 5.41 Å². The molecule has 0 aliphatic carbocycles. The highest BCUT2D eigenvalue weighted by Crippen LogP contribution is 2.41. The Hall–Kier alpha value is -2.75. The highest BCUT2D eigenvalue weighted by Gasteiger charge is 2.24. The molecule has 0 N–H and O–H groups in total. The van der Waals surface area contributed by atoms with Crippen molar-refractivity contribution < 1.29 is 19.0 Å². The fourth-order valence-corrected chi connectivity index (χ4v) is 3.18. The lowest BCUT2D eigenvalue weighted by atomic mass is 9.85. The summed E-state index contributed by atoms with van der Waals surface area (Å²) in [6, 6.07) is 11.3. The molecule has 0 atom stereocenters. The largest absolute Gasteiger partial charge is 0.494 e. The molecule has 0 bridgehead atoms. The molecule has 4 nitrogen and oxygen atoms in total. The second-order valence-electron chi connectivity index (χ2n) is 9.55. The van der Waals surface area contributed by atoms with Crippen LogP contribution in [0, 0.1) is 0 Å². The van der Waals surface area contributed by atoms with Gasteiger partial charge in [-0.15, -0.1) is 0 Å². The Morgan fingerprint density at radius 1 is 0.969 bits per heavy atom. The zero-order valence-electron chi connectivity index (χ0n) is 20.8. The fourth-order valence-electron chi connectivity index (χ4n) is 3.18. The zero-order valence-corrected chi connectivity index (χ0v) is 20.8. The number of ketones is 1. The maximum Gasteiger partial charge on any atom is 0.185 e. The average Bonchev–Trinajstić information content (AvgIpc) is 2.70. The van der Waals surface area contributed by atoms with Gasteiger partial charge in [0.1, 0.15) is 5.75 Å². The second-order valence-corrected chi connectivity index (χ2v) is 9.55. The first-order chi connectivity index (χ1) is 15.0. The minimum atomic E-state index is -0.151. The minimum absolute atomic E-state index is 0.00614. The van der Waals surface area contributed by atoms with Gasteiger partial charge in [0.15, 0.2) is 17.3 Å². The van der Waals surface area contributed by atoms with E-state index in [0.717, 1.165) is 29.0 Å². The SMILES string of the molecule is CCCOc1ccc(C(=O)C=Cc2cc(OC(C)C)c(OC(C)C)c(C(C)(C)C)c2)cc1. The molecule has 0 fully saturated rings. The first kappa shape index (κ1) is 25.5. The third-order valence-corrected chi connectivity index (χ3v) is 4.64. The number of hydrogen-bond acceptors (Lipinski definition) is 4. The molecule has 4 heteroatoms. The van der Waals surface area contributed by atoms with Crippen LogP contribution in [0.4, 0.5) is 0 Å². The van der Waals surface area contributed by atoms with Gasteiger partial charge in [0.2, 0.25) is 0 Å². The normalized spacial score (nSPS) is 11.9. The van der Waals surface area contributed by atoms with Gasteiger partial charge in [-0.1, -0.05) is 33.8 Å². The van der Waals surface area contributed by atoms with Crippen LogP contribution in [0.15, 0.2) is 42.5 Å². The molecule has 0 radical (unpaired) electrons. The number of rotatable bonds is 10. The van der Waals surface area contributed by atoms with Crippen molar-refractivity contribution in [3.8, 4) is 17.2 Å². The Labute approximate surface area is 193 Å². The number of benzene rings is 2. The third kappa shape index (κ3) is 7.44. The Kier molecular flexibility index (Phi) is 8.94. The van der Waals surface area contributed by atoms with Gasteiger partial charge < -0.3 is 14.2 Å². The van der Waals surface area contributed by atoms with E-state index in [9.17, 15) is 4.79 Å². The Balaban J connectivity index is 2.37. The Morgan fingerprint density at radius 3 is 2.12 bits per heavy atom. The molecule has 0 aliphatic heterocycles. The summed E-state index contributed by atoms with van der Waals surface area (Å²) in [6.07, 6.45) is 4.42. The van der Waals surface area contributed by atoms with Crippen molar-refractivity contribution in [2.24, 2.45) is 0 Å². The van der Waals surface area contributed by atoms with E-state index in [1.54, 1.807) is 18.2 Å². The lowest BCUT2D eigenvalue weighted by Crippen LogP contribution is -2.18. The molecular weight excluding hydrogens is 400 g/mol. The van der Waals surface area contributed by atoms with E-state index in [-0.39, 0.29) is 23.4 Å². The molecular formula is C28H38O4. The van der Waals surface area contributed by atoms with Gasteiger partial charge in [-0.3, -0.25) is 4.79 Å². The summed E-state index contributed by atoms with van der Waals surface area (Å²) in [5.41, 5.74) is 2.42. The zero-order chi connectivity index (χ0) is 23.9. The van der Waals surface area contributed by atoms with Crippen molar-refractivity contribution in [1.29, 1.82) is 0 Å². The van der Waals surface area contributed by atoms with Crippen molar-refractivity contribution in [1.82, 2.24) is 0 Å². The van der Waals surface area contributed by atoms with Crippen LogP contribution < -0.4 is 14.2 Å². The third-order valence-electron chi connectivity index (χ3n) is 4.64. The number of carbonyl (C=O) groups is 1. The summed E-state index contributed by atoms with van der Waals surface area (Å²) >= 11 is 0. The van der Waals surface area contributed by atoms with Crippen LogP contribution >= 0.6 is 0 Å². The van der Waals surface area contributed by atoms with Crippen LogP contribution in [0.5, 0.6) is 17.2 Å². The fraction of sp³-hybridized carbons (Fsp3) is 0.464.